The molecule has 1 unspecified atom stereocenters. The van der Waals surface area contributed by atoms with E-state index < -0.39 is 0 Å². The van der Waals surface area contributed by atoms with Crippen molar-refractivity contribution in [3.05, 3.63) is 70.9 Å². The summed E-state index contributed by atoms with van der Waals surface area (Å²) in [5, 5.41) is 4.99. The topological polar surface area (TPSA) is 46.5 Å². The number of nitrogens with zero attached hydrogens (tertiary/aromatic N) is 2. The highest BCUT2D eigenvalue weighted by atomic mass is 35.5. The van der Waals surface area contributed by atoms with Crippen LogP contribution in [0.25, 0.3) is 10.9 Å². The van der Waals surface area contributed by atoms with Gasteiger partial charge in [-0.2, -0.15) is 0 Å². The predicted molar refractivity (Wildman–Crippen MR) is 126 cm³/mol. The van der Waals surface area contributed by atoms with Gasteiger partial charge in [0, 0.05) is 61.1 Å². The van der Waals surface area contributed by atoms with E-state index in [1.807, 2.05) is 37.4 Å². The summed E-state index contributed by atoms with van der Waals surface area (Å²) in [5.41, 5.74) is 3.38. The Morgan fingerprint density at radius 3 is 2.77 bits per heavy atom. The maximum absolute atomic E-state index is 12.9. The van der Waals surface area contributed by atoms with Gasteiger partial charge in [-0.05, 0) is 42.3 Å². The molecule has 1 aromatic heterocycles. The van der Waals surface area contributed by atoms with Crippen LogP contribution in [0, 0.1) is 0 Å². The van der Waals surface area contributed by atoms with Crippen LogP contribution in [0.15, 0.2) is 54.7 Å². The van der Waals surface area contributed by atoms with E-state index in [0.717, 1.165) is 55.9 Å². The van der Waals surface area contributed by atoms with Crippen molar-refractivity contribution in [2.24, 2.45) is 7.05 Å². The average molecular weight is 440 g/mol. The average Bonchev–Trinajstić information content (AvgIpc) is 3.12. The Balaban J connectivity index is 1.46. The highest BCUT2D eigenvalue weighted by molar-refractivity contribution is 6.30. The van der Waals surface area contributed by atoms with Crippen molar-refractivity contribution in [3.8, 4) is 0 Å². The van der Waals surface area contributed by atoms with E-state index in [9.17, 15) is 4.79 Å². The quantitative estimate of drug-likeness (QED) is 0.535. The van der Waals surface area contributed by atoms with Gasteiger partial charge in [-0.1, -0.05) is 41.9 Å². The Morgan fingerprint density at radius 2 is 1.97 bits per heavy atom. The van der Waals surface area contributed by atoms with E-state index in [1.54, 1.807) is 0 Å². The minimum absolute atomic E-state index is 0.0518. The van der Waals surface area contributed by atoms with Crippen molar-refractivity contribution in [2.75, 3.05) is 39.4 Å². The molecular formula is C25H30ClN3O2. The molecule has 31 heavy (non-hydrogen) atoms. The first kappa shape index (κ1) is 21.9. The highest BCUT2D eigenvalue weighted by Gasteiger charge is 2.22. The normalized spacial score (nSPS) is 15.8. The second kappa shape index (κ2) is 10.3. The second-order valence-electron chi connectivity index (χ2n) is 8.18. The first-order valence-electron chi connectivity index (χ1n) is 11.0. The molecule has 1 atom stereocenters. The van der Waals surface area contributed by atoms with E-state index in [-0.39, 0.29) is 11.8 Å². The van der Waals surface area contributed by atoms with E-state index in [2.05, 4.69) is 39.2 Å². The molecule has 0 spiro atoms. The predicted octanol–water partition coefficient (Wildman–Crippen LogP) is 4.19. The Morgan fingerprint density at radius 1 is 1.16 bits per heavy atom. The maximum Gasteiger partial charge on any atom is 0.220 e. The molecule has 2 heterocycles. The zero-order valence-corrected chi connectivity index (χ0v) is 18.8. The van der Waals surface area contributed by atoms with Crippen LogP contribution in [0.2, 0.25) is 5.02 Å². The largest absolute Gasteiger partial charge is 0.379 e. The molecule has 5 nitrogen and oxygen atoms in total. The fourth-order valence-corrected chi connectivity index (χ4v) is 4.59. The number of para-hydroxylation sites is 1. The molecular weight excluding hydrogens is 410 g/mol. The Bertz CT molecular complexity index is 1030. The number of carbonyl (C=O) groups excluding carboxylic acids is 1. The maximum atomic E-state index is 12.9. The minimum Gasteiger partial charge on any atom is -0.379 e. The Kier molecular flexibility index (Phi) is 7.28. The van der Waals surface area contributed by atoms with Gasteiger partial charge in [0.15, 0.2) is 0 Å². The number of ether oxygens (including phenoxy) is 1. The lowest BCUT2D eigenvalue weighted by Crippen LogP contribution is -2.38. The zero-order chi connectivity index (χ0) is 21.6. The summed E-state index contributed by atoms with van der Waals surface area (Å²) < 4.78 is 7.52. The van der Waals surface area contributed by atoms with Crippen molar-refractivity contribution >= 4 is 28.4 Å². The summed E-state index contributed by atoms with van der Waals surface area (Å²) in [6, 6.07) is 16.2. The second-order valence-corrected chi connectivity index (χ2v) is 8.62. The lowest BCUT2D eigenvalue weighted by Gasteiger charge is -2.26. The van der Waals surface area contributed by atoms with Gasteiger partial charge >= 0.3 is 0 Å². The van der Waals surface area contributed by atoms with Gasteiger partial charge < -0.3 is 14.6 Å². The summed E-state index contributed by atoms with van der Waals surface area (Å²) in [6.45, 7) is 5.24. The summed E-state index contributed by atoms with van der Waals surface area (Å²) in [7, 11) is 2.05. The van der Waals surface area contributed by atoms with Crippen LogP contribution >= 0.6 is 11.6 Å². The number of morpholine rings is 1. The van der Waals surface area contributed by atoms with Gasteiger partial charge in [0.1, 0.15) is 0 Å². The summed E-state index contributed by atoms with van der Waals surface area (Å²) in [5.74, 6) is 0.0175. The minimum atomic E-state index is -0.0518. The molecule has 6 heteroatoms. The molecule has 4 rings (SSSR count). The van der Waals surface area contributed by atoms with Gasteiger partial charge in [0.2, 0.25) is 5.91 Å². The third-order valence-electron chi connectivity index (χ3n) is 6.02. The number of nitrogens with one attached hydrogen (secondary N) is 1. The van der Waals surface area contributed by atoms with Crippen molar-refractivity contribution in [1.29, 1.82) is 0 Å². The van der Waals surface area contributed by atoms with Gasteiger partial charge in [-0.3, -0.25) is 9.69 Å². The number of hydrogen-bond donors (Lipinski definition) is 1. The SMILES string of the molecule is Cn1cc(C(CC(=O)NCCCN2CCOCC2)c2cccc(Cl)c2)c2ccccc21. The first-order chi connectivity index (χ1) is 15.1. The van der Waals surface area contributed by atoms with E-state index in [4.69, 9.17) is 16.3 Å². The number of amides is 1. The molecule has 3 aromatic rings. The van der Waals surface area contributed by atoms with E-state index >= 15 is 0 Å². The zero-order valence-electron chi connectivity index (χ0n) is 18.0. The monoisotopic (exact) mass is 439 g/mol. The first-order valence-corrected chi connectivity index (χ1v) is 11.4. The molecule has 1 fully saturated rings. The lowest BCUT2D eigenvalue weighted by molar-refractivity contribution is -0.121. The fourth-order valence-electron chi connectivity index (χ4n) is 4.39. The number of benzene rings is 2. The van der Waals surface area contributed by atoms with Gasteiger partial charge in [-0.25, -0.2) is 0 Å². The molecule has 1 N–H and O–H groups in total. The molecule has 0 bridgehead atoms. The molecule has 0 radical (unpaired) electrons. The summed E-state index contributed by atoms with van der Waals surface area (Å²) >= 11 is 6.29. The number of aromatic nitrogens is 1. The summed E-state index contributed by atoms with van der Waals surface area (Å²) in [4.78, 5) is 15.3. The molecule has 1 saturated heterocycles. The van der Waals surface area contributed by atoms with Gasteiger partial charge in [0.25, 0.3) is 0 Å². The van der Waals surface area contributed by atoms with Crippen LogP contribution in [0.5, 0.6) is 0 Å². The molecule has 164 valence electrons. The standard InChI is InChI=1S/C25H30ClN3O2/c1-28-18-23(21-8-2-3-9-24(21)28)22(19-6-4-7-20(26)16-19)17-25(30)27-10-5-11-29-12-14-31-15-13-29/h2-4,6-9,16,18,22H,5,10-15,17H2,1H3,(H,27,30). The van der Waals surface area contributed by atoms with Crippen molar-refractivity contribution in [2.45, 2.75) is 18.8 Å². The highest BCUT2D eigenvalue weighted by Crippen LogP contribution is 2.35. The molecule has 1 amide bonds. The number of rotatable bonds is 8. The van der Waals surface area contributed by atoms with Crippen molar-refractivity contribution in [3.63, 3.8) is 0 Å². The molecule has 1 aliphatic heterocycles. The van der Waals surface area contributed by atoms with Crippen LogP contribution in [-0.2, 0) is 16.6 Å². The molecule has 0 aliphatic carbocycles. The third kappa shape index (κ3) is 5.48. The number of fused-ring (bicyclic) bond motifs is 1. The summed E-state index contributed by atoms with van der Waals surface area (Å²) in [6.07, 6.45) is 3.48. The van der Waals surface area contributed by atoms with Crippen LogP contribution in [0.1, 0.15) is 29.9 Å². The fraction of sp³-hybridized carbons (Fsp3) is 0.400. The molecule has 1 aliphatic rings. The molecule has 2 aromatic carbocycles. The van der Waals surface area contributed by atoms with Crippen LogP contribution in [-0.4, -0.2) is 54.8 Å². The van der Waals surface area contributed by atoms with Gasteiger partial charge in [-0.15, -0.1) is 0 Å². The third-order valence-corrected chi connectivity index (χ3v) is 6.26. The number of hydrogen-bond acceptors (Lipinski definition) is 3. The Labute approximate surface area is 188 Å². The van der Waals surface area contributed by atoms with Gasteiger partial charge in [0.05, 0.1) is 13.2 Å². The number of carbonyl (C=O) groups is 1. The Hall–Kier alpha value is -2.34. The number of aryl methyl sites for hydroxylation is 1. The van der Waals surface area contributed by atoms with Crippen LogP contribution < -0.4 is 5.32 Å². The van der Waals surface area contributed by atoms with Crippen LogP contribution in [0.4, 0.5) is 0 Å². The van der Waals surface area contributed by atoms with Crippen molar-refractivity contribution < 1.29 is 9.53 Å². The number of halogens is 1. The smallest absolute Gasteiger partial charge is 0.220 e. The van der Waals surface area contributed by atoms with Crippen LogP contribution in [0.3, 0.4) is 0 Å². The lowest BCUT2D eigenvalue weighted by atomic mass is 9.88. The molecule has 0 saturated carbocycles. The van der Waals surface area contributed by atoms with Crippen molar-refractivity contribution in [1.82, 2.24) is 14.8 Å². The van der Waals surface area contributed by atoms with E-state index in [0.29, 0.717) is 18.0 Å². The van der Waals surface area contributed by atoms with E-state index in [1.165, 1.54) is 5.39 Å².